The number of likely N-dealkylation sites (tertiary alicyclic amines) is 4. The molecule has 1 saturated carbocycles. The molecule has 0 radical (unpaired) electrons. The molecule has 6 nitrogen and oxygen atoms in total. The van der Waals surface area contributed by atoms with E-state index in [4.69, 9.17) is 0 Å². The Bertz CT molecular complexity index is 912. The van der Waals surface area contributed by atoms with E-state index in [2.05, 4.69) is 130 Å². The third-order valence-electron chi connectivity index (χ3n) is 14.4. The minimum absolute atomic E-state index is 0. The largest absolute Gasteiger partial charge is 0.306 e. The summed E-state index contributed by atoms with van der Waals surface area (Å²) in [4.78, 5) is 14.8. The summed E-state index contributed by atoms with van der Waals surface area (Å²) >= 11 is 0. The van der Waals surface area contributed by atoms with Crippen LogP contribution in [-0.2, 0) is 6.42 Å². The molecule has 62 heavy (non-hydrogen) atoms. The van der Waals surface area contributed by atoms with Gasteiger partial charge in [-0.15, -0.1) is 0 Å². The van der Waals surface area contributed by atoms with E-state index >= 15 is 0 Å². The number of piperidine rings is 4. The molecule has 0 unspecified atom stereocenters. The van der Waals surface area contributed by atoms with Crippen LogP contribution < -0.4 is 0 Å². The molecule has 6 heteroatoms. The van der Waals surface area contributed by atoms with Crippen LogP contribution in [-0.4, -0.2) is 148 Å². The van der Waals surface area contributed by atoms with Crippen LogP contribution in [0.15, 0.2) is 24.3 Å². The molecule has 5 heterocycles. The lowest BCUT2D eigenvalue weighted by Gasteiger charge is -2.31. The zero-order valence-corrected chi connectivity index (χ0v) is 42.8. The van der Waals surface area contributed by atoms with Crippen LogP contribution in [0.25, 0.3) is 0 Å². The van der Waals surface area contributed by atoms with Crippen molar-refractivity contribution in [1.82, 2.24) is 29.4 Å². The van der Waals surface area contributed by atoms with Crippen molar-refractivity contribution in [2.75, 3.05) is 119 Å². The molecule has 0 N–H and O–H groups in total. The molecular formula is C56H116N6. The molecule has 5 saturated heterocycles. The van der Waals surface area contributed by atoms with Gasteiger partial charge in [-0.1, -0.05) is 158 Å². The minimum Gasteiger partial charge on any atom is -0.306 e. The second-order valence-corrected chi connectivity index (χ2v) is 19.3. The third kappa shape index (κ3) is 33.5. The molecule has 1 aromatic carbocycles. The van der Waals surface area contributed by atoms with Gasteiger partial charge < -0.3 is 29.4 Å². The van der Waals surface area contributed by atoms with Crippen molar-refractivity contribution in [3.63, 3.8) is 0 Å². The van der Waals surface area contributed by atoms with Gasteiger partial charge in [-0.05, 0) is 181 Å². The summed E-state index contributed by atoms with van der Waals surface area (Å²) in [6.07, 6.45) is 25.7. The highest BCUT2D eigenvalue weighted by Crippen LogP contribution is 2.29. The van der Waals surface area contributed by atoms with Crippen LogP contribution in [0, 0.1) is 24.7 Å². The second-order valence-electron chi connectivity index (χ2n) is 19.3. The van der Waals surface area contributed by atoms with Crippen LogP contribution in [0.1, 0.15) is 191 Å². The van der Waals surface area contributed by atoms with Gasteiger partial charge in [0.25, 0.3) is 0 Å². The normalized spacial score (nSPS) is 23.0. The monoisotopic (exact) mass is 873 g/mol. The van der Waals surface area contributed by atoms with E-state index in [1.807, 2.05) is 0 Å². The Balaban J connectivity index is 0. The van der Waals surface area contributed by atoms with E-state index in [0.29, 0.717) is 0 Å². The summed E-state index contributed by atoms with van der Waals surface area (Å²) in [6.45, 7) is 40.9. The van der Waals surface area contributed by atoms with Crippen LogP contribution in [0.4, 0.5) is 0 Å². The first-order valence-electron chi connectivity index (χ1n) is 26.4. The topological polar surface area (TPSA) is 19.4 Å². The smallest absolute Gasteiger partial charge is 0.0110 e. The number of nitrogens with zero attached hydrogens (tertiary/aromatic N) is 6. The highest BCUT2D eigenvalue weighted by Gasteiger charge is 2.16. The molecule has 6 aliphatic rings. The fourth-order valence-electron chi connectivity index (χ4n) is 9.02. The van der Waals surface area contributed by atoms with E-state index in [-0.39, 0.29) is 14.9 Å². The first-order valence-corrected chi connectivity index (χ1v) is 26.4. The minimum atomic E-state index is 0. The van der Waals surface area contributed by atoms with E-state index in [9.17, 15) is 0 Å². The molecule has 0 amide bonds. The lowest BCUT2D eigenvalue weighted by molar-refractivity contribution is 0.160. The number of aryl methyl sites for hydroxylation is 2. The van der Waals surface area contributed by atoms with Gasteiger partial charge in [-0.3, -0.25) is 0 Å². The molecule has 5 aliphatic heterocycles. The van der Waals surface area contributed by atoms with Crippen molar-refractivity contribution in [3.05, 3.63) is 35.4 Å². The first kappa shape index (κ1) is 63.1. The highest BCUT2D eigenvalue weighted by molar-refractivity contribution is 5.20. The summed E-state index contributed by atoms with van der Waals surface area (Å²) in [5.74, 6) is 3.12. The maximum atomic E-state index is 2.52. The number of hydrogen-bond donors (Lipinski definition) is 0. The molecule has 0 spiro atoms. The summed E-state index contributed by atoms with van der Waals surface area (Å²) in [7, 11) is 4.40. The van der Waals surface area contributed by atoms with E-state index in [1.54, 1.807) is 0 Å². The molecule has 1 aliphatic carbocycles. The third-order valence-corrected chi connectivity index (χ3v) is 14.4. The van der Waals surface area contributed by atoms with Gasteiger partial charge in [0.15, 0.2) is 0 Å². The number of hydrogen-bond acceptors (Lipinski definition) is 6. The fraction of sp³-hybridized carbons (Fsp3) is 0.893. The zero-order valence-electron chi connectivity index (χ0n) is 42.8. The number of piperazine rings is 1. The van der Waals surface area contributed by atoms with Crippen LogP contribution in [0.3, 0.4) is 0 Å². The Hall–Kier alpha value is -1.02. The first-order chi connectivity index (χ1) is 29.1. The Labute approximate surface area is 392 Å². The average Bonchev–Trinajstić information content (AvgIpc) is 3.32. The van der Waals surface area contributed by atoms with Crippen molar-refractivity contribution >= 4 is 0 Å². The number of benzene rings is 1. The Morgan fingerprint density at radius 3 is 1.03 bits per heavy atom. The number of likely N-dealkylation sites (N-methyl/N-ethyl adjacent to an activating group) is 2. The predicted octanol–water partition coefficient (Wildman–Crippen LogP) is 13.5. The Morgan fingerprint density at radius 1 is 0.403 bits per heavy atom. The average molecular weight is 874 g/mol. The summed E-state index contributed by atoms with van der Waals surface area (Å²) in [5, 5.41) is 0. The van der Waals surface area contributed by atoms with E-state index < -0.39 is 0 Å². The Kier molecular flexibility index (Phi) is 43.3. The zero-order chi connectivity index (χ0) is 44.2. The maximum Gasteiger partial charge on any atom is 0.0110 e. The molecule has 7 rings (SSSR count). The number of rotatable bonds is 7. The van der Waals surface area contributed by atoms with Gasteiger partial charge >= 0.3 is 0 Å². The van der Waals surface area contributed by atoms with Gasteiger partial charge in [0.05, 0.1) is 0 Å². The maximum absolute atomic E-state index is 2.52. The highest BCUT2D eigenvalue weighted by atomic mass is 15.2. The lowest BCUT2D eigenvalue weighted by Crippen LogP contribution is -2.44. The fourth-order valence-corrected chi connectivity index (χ4v) is 9.02. The molecule has 6 fully saturated rings. The summed E-state index contributed by atoms with van der Waals surface area (Å²) < 4.78 is 0. The molecular weight excluding hydrogens is 757 g/mol. The van der Waals surface area contributed by atoms with Crippen molar-refractivity contribution in [1.29, 1.82) is 0 Å². The quantitative estimate of drug-likeness (QED) is 0.270. The van der Waals surface area contributed by atoms with Crippen molar-refractivity contribution < 1.29 is 0 Å². The Morgan fingerprint density at radius 2 is 0.726 bits per heavy atom. The molecule has 0 atom stereocenters. The lowest BCUT2D eigenvalue weighted by atomic mass is 9.82. The van der Waals surface area contributed by atoms with Gasteiger partial charge in [0.2, 0.25) is 0 Å². The van der Waals surface area contributed by atoms with Crippen molar-refractivity contribution in [2.24, 2.45) is 17.8 Å². The van der Waals surface area contributed by atoms with Crippen molar-refractivity contribution in [3.8, 4) is 0 Å². The van der Waals surface area contributed by atoms with Crippen LogP contribution >= 0.6 is 0 Å². The van der Waals surface area contributed by atoms with Gasteiger partial charge in [-0.2, -0.15) is 0 Å². The van der Waals surface area contributed by atoms with Crippen LogP contribution in [0.2, 0.25) is 0 Å². The van der Waals surface area contributed by atoms with E-state index in [1.165, 1.54) is 225 Å². The van der Waals surface area contributed by atoms with Crippen molar-refractivity contribution in [2.45, 2.75) is 193 Å². The van der Waals surface area contributed by atoms with Gasteiger partial charge in [-0.25, -0.2) is 0 Å². The standard InChI is InChI=1S/C9H18.C9H12.C8H17N.C7H16N2.3C7H15N.2CH4/c2*1-3-9-6-4-8(2)5-7-9;1-3-8-4-6-9(2)7-5-8;1-3-9-6-4-8(2)5-7-9;3*1-2-8-6-4-3-5-7-8;;/h8-9H,3-7H2,1-2H3;4-7H,3H2,1-2H3;8H,3-7H2,1-2H3;3-7H2,1-2H3;3*2-7H2,1H3;2*1H4. The van der Waals surface area contributed by atoms with Gasteiger partial charge in [0.1, 0.15) is 0 Å². The molecule has 370 valence electrons. The van der Waals surface area contributed by atoms with Gasteiger partial charge in [0, 0.05) is 26.2 Å². The molecule has 0 aromatic heterocycles. The predicted molar refractivity (Wildman–Crippen MR) is 283 cm³/mol. The van der Waals surface area contributed by atoms with E-state index in [0.717, 1.165) is 24.2 Å². The molecule has 0 bridgehead atoms. The summed E-state index contributed by atoms with van der Waals surface area (Å²) in [6, 6.07) is 8.66. The SMILES string of the molecule is C.C.CCC1CCC(C)CC1.CCC1CCN(C)CC1.CCN1CCCCC1.CCN1CCCCC1.CCN1CCCCC1.CCN1CCN(C)CC1.CCc1ccc(C)cc1. The van der Waals surface area contributed by atoms with Crippen LogP contribution in [0.5, 0.6) is 0 Å². The molecule has 1 aromatic rings. The summed E-state index contributed by atoms with van der Waals surface area (Å²) in [5.41, 5.74) is 2.76. The second kappa shape index (κ2) is 42.6.